The van der Waals surface area contributed by atoms with Gasteiger partial charge in [0.2, 0.25) is 0 Å². The Morgan fingerprint density at radius 1 is 1.42 bits per heavy atom. The Balaban J connectivity index is 1.75. The summed E-state index contributed by atoms with van der Waals surface area (Å²) >= 11 is 2.02. The van der Waals surface area contributed by atoms with Crippen LogP contribution < -0.4 is 5.32 Å². The van der Waals surface area contributed by atoms with Gasteiger partial charge < -0.3 is 5.32 Å². The van der Waals surface area contributed by atoms with E-state index in [1.807, 2.05) is 23.5 Å². The summed E-state index contributed by atoms with van der Waals surface area (Å²) in [4.78, 5) is 4.26. The molecule has 0 fully saturated rings. The molecule has 100 valence electrons. The summed E-state index contributed by atoms with van der Waals surface area (Å²) in [6.45, 7) is 0.760. The van der Waals surface area contributed by atoms with Gasteiger partial charge in [-0.2, -0.15) is 16.9 Å². The number of benzene rings is 1. The SMILES string of the molecule is Cn1ncnc1CNC1CSCCc2ccccc21. The molecular formula is C14H18N4S. The lowest BCUT2D eigenvalue weighted by atomic mass is 10.00. The molecule has 4 nitrogen and oxygen atoms in total. The van der Waals surface area contributed by atoms with Gasteiger partial charge in [0.15, 0.2) is 0 Å². The van der Waals surface area contributed by atoms with Crippen LogP contribution in [0.2, 0.25) is 0 Å². The van der Waals surface area contributed by atoms with Crippen LogP contribution in [0, 0.1) is 0 Å². The maximum absolute atomic E-state index is 4.26. The third kappa shape index (κ3) is 2.82. The normalized spacial score (nSPS) is 18.9. The second-order valence-electron chi connectivity index (χ2n) is 4.76. The summed E-state index contributed by atoms with van der Waals surface area (Å²) < 4.78 is 1.82. The molecule has 1 aliphatic heterocycles. The molecule has 0 spiro atoms. The highest BCUT2D eigenvalue weighted by atomic mass is 32.2. The Bertz CT molecular complexity index is 552. The minimum absolute atomic E-state index is 0.403. The van der Waals surface area contributed by atoms with E-state index in [-0.39, 0.29) is 0 Å². The highest BCUT2D eigenvalue weighted by Gasteiger charge is 2.18. The van der Waals surface area contributed by atoms with Gasteiger partial charge in [0.1, 0.15) is 12.2 Å². The number of nitrogens with zero attached hydrogens (tertiary/aromatic N) is 3. The monoisotopic (exact) mass is 274 g/mol. The predicted molar refractivity (Wildman–Crippen MR) is 78.1 cm³/mol. The maximum Gasteiger partial charge on any atom is 0.140 e. The Morgan fingerprint density at radius 2 is 2.32 bits per heavy atom. The van der Waals surface area contributed by atoms with Gasteiger partial charge in [0.05, 0.1) is 6.54 Å². The Morgan fingerprint density at radius 3 is 3.16 bits per heavy atom. The van der Waals surface area contributed by atoms with Crippen LogP contribution >= 0.6 is 11.8 Å². The van der Waals surface area contributed by atoms with Crippen molar-refractivity contribution in [3.8, 4) is 0 Å². The van der Waals surface area contributed by atoms with E-state index in [1.165, 1.54) is 23.3 Å². The number of aromatic nitrogens is 3. The number of aryl methyl sites for hydroxylation is 2. The first-order valence-electron chi connectivity index (χ1n) is 6.56. The van der Waals surface area contributed by atoms with Crippen molar-refractivity contribution in [3.63, 3.8) is 0 Å². The minimum Gasteiger partial charge on any atom is -0.302 e. The quantitative estimate of drug-likeness (QED) is 0.929. The molecule has 1 atom stereocenters. The second kappa shape index (κ2) is 5.75. The van der Waals surface area contributed by atoms with Crippen molar-refractivity contribution >= 4 is 11.8 Å². The molecule has 1 aromatic carbocycles. The fraction of sp³-hybridized carbons (Fsp3) is 0.429. The zero-order chi connectivity index (χ0) is 13.1. The third-order valence-electron chi connectivity index (χ3n) is 3.54. The van der Waals surface area contributed by atoms with Crippen molar-refractivity contribution in [1.29, 1.82) is 0 Å². The lowest BCUT2D eigenvalue weighted by molar-refractivity contribution is 0.545. The van der Waals surface area contributed by atoms with Crippen molar-refractivity contribution < 1.29 is 0 Å². The van der Waals surface area contributed by atoms with Gasteiger partial charge in [-0.3, -0.25) is 4.68 Å². The number of hydrogen-bond acceptors (Lipinski definition) is 4. The van der Waals surface area contributed by atoms with E-state index in [0.717, 1.165) is 18.1 Å². The molecule has 2 heterocycles. The molecule has 2 aromatic rings. The number of fused-ring (bicyclic) bond motifs is 1. The van der Waals surface area contributed by atoms with E-state index in [9.17, 15) is 0 Å². The summed E-state index contributed by atoms with van der Waals surface area (Å²) in [5.41, 5.74) is 2.91. The first-order chi connectivity index (χ1) is 9.34. The molecule has 5 heteroatoms. The first-order valence-corrected chi connectivity index (χ1v) is 7.72. The molecule has 0 bridgehead atoms. The summed E-state index contributed by atoms with van der Waals surface area (Å²) in [6.07, 6.45) is 2.77. The summed E-state index contributed by atoms with van der Waals surface area (Å²) in [5, 5.41) is 7.72. The molecule has 0 radical (unpaired) electrons. The second-order valence-corrected chi connectivity index (χ2v) is 5.91. The van der Waals surface area contributed by atoms with Gasteiger partial charge in [0.25, 0.3) is 0 Å². The van der Waals surface area contributed by atoms with Crippen molar-refractivity contribution in [2.24, 2.45) is 7.05 Å². The van der Waals surface area contributed by atoms with Crippen LogP contribution in [0.25, 0.3) is 0 Å². The molecule has 1 N–H and O–H groups in total. The van der Waals surface area contributed by atoms with Crippen molar-refractivity contribution in [1.82, 2.24) is 20.1 Å². The van der Waals surface area contributed by atoms with Crippen LogP contribution in [0.5, 0.6) is 0 Å². The lowest BCUT2D eigenvalue weighted by Crippen LogP contribution is -2.24. The van der Waals surface area contributed by atoms with Crippen LogP contribution in [0.1, 0.15) is 23.0 Å². The molecule has 1 unspecified atom stereocenters. The first kappa shape index (κ1) is 12.7. The molecular weight excluding hydrogens is 256 g/mol. The Hall–Kier alpha value is -1.33. The van der Waals surface area contributed by atoms with Crippen molar-refractivity contribution in [2.75, 3.05) is 11.5 Å². The van der Waals surface area contributed by atoms with E-state index in [4.69, 9.17) is 0 Å². The molecule has 1 aliphatic rings. The topological polar surface area (TPSA) is 42.7 Å². The average molecular weight is 274 g/mol. The summed E-state index contributed by atoms with van der Waals surface area (Å²) in [6, 6.07) is 9.16. The number of nitrogens with one attached hydrogen (secondary N) is 1. The van der Waals surface area contributed by atoms with Crippen LogP contribution in [-0.4, -0.2) is 26.3 Å². The molecule has 0 aliphatic carbocycles. The molecule has 0 amide bonds. The lowest BCUT2D eigenvalue weighted by Gasteiger charge is -2.18. The van der Waals surface area contributed by atoms with Crippen LogP contribution in [0.15, 0.2) is 30.6 Å². The fourth-order valence-electron chi connectivity index (χ4n) is 2.44. The summed E-state index contributed by atoms with van der Waals surface area (Å²) in [7, 11) is 1.93. The molecule has 0 saturated carbocycles. The van der Waals surface area contributed by atoms with Crippen LogP contribution in [0.3, 0.4) is 0 Å². The predicted octanol–water partition coefficient (Wildman–Crippen LogP) is 1.94. The minimum atomic E-state index is 0.403. The average Bonchev–Trinajstić information content (AvgIpc) is 2.73. The smallest absolute Gasteiger partial charge is 0.140 e. The van der Waals surface area contributed by atoms with Crippen molar-refractivity contribution in [2.45, 2.75) is 19.0 Å². The van der Waals surface area contributed by atoms with E-state index >= 15 is 0 Å². The highest BCUT2D eigenvalue weighted by Crippen LogP contribution is 2.27. The standard InChI is InChI=1S/C14H18N4S/c1-18-14(16-10-17-18)8-15-13-9-19-7-6-11-4-2-3-5-12(11)13/h2-5,10,13,15H,6-9H2,1H3. The van der Waals surface area contributed by atoms with Crippen LogP contribution in [-0.2, 0) is 20.0 Å². The number of hydrogen-bond donors (Lipinski definition) is 1. The van der Waals surface area contributed by atoms with E-state index < -0.39 is 0 Å². The Labute approximate surface area is 117 Å². The number of thioether (sulfide) groups is 1. The van der Waals surface area contributed by atoms with Gasteiger partial charge in [0, 0.05) is 18.8 Å². The van der Waals surface area contributed by atoms with E-state index in [1.54, 1.807) is 6.33 Å². The van der Waals surface area contributed by atoms with Gasteiger partial charge in [-0.1, -0.05) is 24.3 Å². The van der Waals surface area contributed by atoms with Crippen molar-refractivity contribution in [3.05, 3.63) is 47.5 Å². The highest BCUT2D eigenvalue weighted by molar-refractivity contribution is 7.99. The number of rotatable bonds is 3. The third-order valence-corrected chi connectivity index (χ3v) is 4.60. The van der Waals surface area contributed by atoms with E-state index in [2.05, 4.69) is 39.7 Å². The van der Waals surface area contributed by atoms with Gasteiger partial charge in [-0.25, -0.2) is 4.98 Å². The van der Waals surface area contributed by atoms with Gasteiger partial charge >= 0.3 is 0 Å². The summed E-state index contributed by atoms with van der Waals surface area (Å²) in [5.74, 6) is 3.31. The maximum atomic E-state index is 4.26. The Kier molecular flexibility index (Phi) is 3.84. The zero-order valence-corrected chi connectivity index (χ0v) is 11.9. The van der Waals surface area contributed by atoms with Gasteiger partial charge in [-0.15, -0.1) is 0 Å². The molecule has 1 aromatic heterocycles. The van der Waals surface area contributed by atoms with Crippen LogP contribution in [0.4, 0.5) is 0 Å². The molecule has 0 saturated heterocycles. The largest absolute Gasteiger partial charge is 0.302 e. The fourth-order valence-corrected chi connectivity index (χ4v) is 3.50. The molecule has 3 rings (SSSR count). The van der Waals surface area contributed by atoms with E-state index in [0.29, 0.717) is 6.04 Å². The van der Waals surface area contributed by atoms with Gasteiger partial charge in [-0.05, 0) is 23.3 Å². The zero-order valence-electron chi connectivity index (χ0n) is 11.0. The molecule has 19 heavy (non-hydrogen) atoms.